The summed E-state index contributed by atoms with van der Waals surface area (Å²) in [5.74, 6) is 1.27. The number of aryl methyl sites for hydroxylation is 1. The minimum atomic E-state index is -5.50. The van der Waals surface area contributed by atoms with E-state index in [1.165, 1.54) is 12.8 Å². The zero-order valence-electron chi connectivity index (χ0n) is 18.4. The van der Waals surface area contributed by atoms with Gasteiger partial charge < -0.3 is 9.88 Å². The smallest absolute Gasteiger partial charge is 0.361 e. The molecule has 2 heterocycles. The molecule has 33 heavy (non-hydrogen) atoms. The number of benzene rings is 1. The van der Waals surface area contributed by atoms with Gasteiger partial charge in [-0.05, 0) is 49.4 Å². The third kappa shape index (κ3) is 5.33. The number of hydrogen-bond acceptors (Lipinski definition) is 4. The number of aromatic nitrogens is 2. The first kappa shape index (κ1) is 24.3. The lowest BCUT2D eigenvalue weighted by molar-refractivity contribution is -0.0492. The van der Waals surface area contributed by atoms with E-state index in [-0.39, 0.29) is 13.1 Å². The van der Waals surface area contributed by atoms with Gasteiger partial charge in [0.15, 0.2) is 0 Å². The summed E-state index contributed by atoms with van der Waals surface area (Å²) in [5, 5.41) is 0.347. The molecule has 1 aliphatic heterocycles. The first-order valence-electron chi connectivity index (χ1n) is 11.2. The zero-order valence-corrected chi connectivity index (χ0v) is 20.0. The molecule has 1 fully saturated rings. The van der Waals surface area contributed by atoms with Crippen molar-refractivity contribution in [2.45, 2.75) is 70.1 Å². The van der Waals surface area contributed by atoms with Crippen molar-refractivity contribution >= 4 is 27.3 Å². The lowest BCUT2D eigenvalue weighted by Crippen LogP contribution is -2.47. The highest BCUT2D eigenvalue weighted by atomic mass is 35.5. The quantitative estimate of drug-likeness (QED) is 0.573. The highest BCUT2D eigenvalue weighted by Gasteiger charge is 2.51. The molecular formula is C22H28ClF3N4O2S. The summed E-state index contributed by atoms with van der Waals surface area (Å²) in [6.45, 7) is 1.59. The maximum atomic E-state index is 13.5. The first-order chi connectivity index (χ1) is 15.5. The van der Waals surface area contributed by atoms with E-state index in [1.54, 1.807) is 24.4 Å². The lowest BCUT2D eigenvalue weighted by Gasteiger charge is -2.34. The maximum Gasteiger partial charge on any atom is 0.511 e. The molecule has 0 spiro atoms. The Labute approximate surface area is 197 Å². The number of H-pyrrole nitrogens is 1. The number of sulfonamides is 1. The van der Waals surface area contributed by atoms with Crippen molar-refractivity contribution in [1.82, 2.24) is 14.3 Å². The van der Waals surface area contributed by atoms with Gasteiger partial charge in [-0.25, -0.2) is 13.4 Å². The largest absolute Gasteiger partial charge is 0.511 e. The predicted octanol–water partition coefficient (Wildman–Crippen LogP) is 5.38. The van der Waals surface area contributed by atoms with Gasteiger partial charge in [0.25, 0.3) is 0 Å². The summed E-state index contributed by atoms with van der Waals surface area (Å²) < 4.78 is 66.1. The summed E-state index contributed by atoms with van der Waals surface area (Å²) >= 11 is 6.15. The van der Waals surface area contributed by atoms with Gasteiger partial charge in [-0.3, -0.25) is 0 Å². The van der Waals surface area contributed by atoms with Crippen LogP contribution in [0.1, 0.15) is 55.6 Å². The summed E-state index contributed by atoms with van der Waals surface area (Å²) in [7, 11) is -5.50. The van der Waals surface area contributed by atoms with Crippen molar-refractivity contribution in [1.29, 1.82) is 0 Å². The Bertz CT molecular complexity index is 1080. The average Bonchev–Trinajstić information content (AvgIpc) is 3.36. The van der Waals surface area contributed by atoms with Gasteiger partial charge in [0, 0.05) is 29.8 Å². The molecule has 0 radical (unpaired) electrons. The normalized spacial score (nSPS) is 20.8. The molecule has 1 aliphatic carbocycles. The van der Waals surface area contributed by atoms with Crippen molar-refractivity contribution in [2.24, 2.45) is 5.92 Å². The van der Waals surface area contributed by atoms with Gasteiger partial charge in [0.1, 0.15) is 5.82 Å². The van der Waals surface area contributed by atoms with Crippen molar-refractivity contribution < 1.29 is 21.6 Å². The molecule has 182 valence electrons. The Kier molecular flexibility index (Phi) is 6.98. The van der Waals surface area contributed by atoms with Crippen LogP contribution in [-0.2, 0) is 23.1 Å². The predicted molar refractivity (Wildman–Crippen MR) is 121 cm³/mol. The number of fused-ring (bicyclic) bond motifs is 1. The van der Waals surface area contributed by atoms with Crippen molar-refractivity contribution in [3.8, 4) is 0 Å². The Morgan fingerprint density at radius 2 is 1.94 bits per heavy atom. The highest BCUT2D eigenvalue weighted by Crippen LogP contribution is 2.38. The van der Waals surface area contributed by atoms with Crippen LogP contribution in [0, 0.1) is 12.8 Å². The number of anilines is 1. The van der Waals surface area contributed by atoms with Crippen molar-refractivity contribution in [3.63, 3.8) is 0 Å². The van der Waals surface area contributed by atoms with Crippen LogP contribution in [0.5, 0.6) is 0 Å². The topological polar surface area (TPSA) is 69.3 Å². The molecular weight excluding hydrogens is 477 g/mol. The Morgan fingerprint density at radius 3 is 2.58 bits per heavy atom. The third-order valence-corrected chi connectivity index (χ3v) is 8.44. The fourth-order valence-electron chi connectivity index (χ4n) is 5.00. The number of nitrogens with zero attached hydrogens (tertiary/aromatic N) is 3. The number of rotatable bonds is 6. The van der Waals surface area contributed by atoms with Crippen LogP contribution < -0.4 is 4.90 Å². The van der Waals surface area contributed by atoms with E-state index in [0.29, 0.717) is 39.5 Å². The minimum absolute atomic E-state index is 0.242. The molecule has 0 unspecified atom stereocenters. The molecule has 1 atom stereocenters. The Hall–Kier alpha value is -1.78. The molecule has 0 saturated heterocycles. The van der Waals surface area contributed by atoms with Gasteiger partial charge in [-0.1, -0.05) is 37.3 Å². The molecule has 0 amide bonds. The van der Waals surface area contributed by atoms with Crippen LogP contribution >= 0.6 is 11.6 Å². The van der Waals surface area contributed by atoms with Gasteiger partial charge in [-0.15, -0.1) is 0 Å². The van der Waals surface area contributed by atoms with E-state index in [2.05, 4.69) is 9.97 Å². The van der Waals surface area contributed by atoms with E-state index >= 15 is 0 Å². The molecule has 1 aromatic heterocycles. The van der Waals surface area contributed by atoms with E-state index in [0.717, 1.165) is 30.8 Å². The molecule has 1 aromatic carbocycles. The third-order valence-electron chi connectivity index (χ3n) is 6.66. The second kappa shape index (κ2) is 9.46. The zero-order chi connectivity index (χ0) is 23.8. The van der Waals surface area contributed by atoms with Crippen LogP contribution in [0.15, 0.2) is 24.4 Å². The van der Waals surface area contributed by atoms with Crippen LogP contribution in [0.25, 0.3) is 0 Å². The van der Waals surface area contributed by atoms with Gasteiger partial charge in [0.2, 0.25) is 0 Å². The summed E-state index contributed by atoms with van der Waals surface area (Å²) in [5.41, 5.74) is -3.40. The van der Waals surface area contributed by atoms with Gasteiger partial charge in [0.05, 0.1) is 18.4 Å². The SMILES string of the molecule is Cc1ncc(CN2c3ccc(Cl)cc3CN(S(=O)(=O)C(F)(F)F)C[C@@H]2CCC2CCCC2)[nH]1. The van der Waals surface area contributed by atoms with Crippen molar-refractivity contribution in [3.05, 3.63) is 46.5 Å². The maximum absolute atomic E-state index is 13.5. The standard InChI is InChI=1S/C22H28ClF3N4O2S/c1-15-27-11-19(28-15)13-30-20(8-6-16-4-2-3-5-16)14-29(33(31,32)22(24,25)26)12-17-10-18(23)7-9-21(17)30/h7,9-11,16,20H,2-6,8,12-14H2,1H3,(H,27,28)/t20-/m0/s1. The lowest BCUT2D eigenvalue weighted by atomic mass is 9.97. The average molecular weight is 505 g/mol. The second-order valence-electron chi connectivity index (χ2n) is 9.02. The van der Waals surface area contributed by atoms with Crippen molar-refractivity contribution in [2.75, 3.05) is 11.4 Å². The molecule has 4 rings (SSSR count). The number of imidazole rings is 1. The van der Waals surface area contributed by atoms with Gasteiger partial charge >= 0.3 is 15.5 Å². The van der Waals surface area contributed by atoms with E-state index < -0.39 is 21.6 Å². The van der Waals surface area contributed by atoms with Crippen LogP contribution in [0.2, 0.25) is 5.02 Å². The molecule has 6 nitrogen and oxygen atoms in total. The fourth-order valence-corrected chi connectivity index (χ4v) is 6.16. The number of aromatic amines is 1. The minimum Gasteiger partial charge on any atom is -0.361 e. The summed E-state index contributed by atoms with van der Waals surface area (Å²) in [6.07, 6.45) is 7.72. The fraction of sp³-hybridized carbons (Fsp3) is 0.591. The Morgan fingerprint density at radius 1 is 1.21 bits per heavy atom. The monoisotopic (exact) mass is 504 g/mol. The second-order valence-corrected chi connectivity index (χ2v) is 11.4. The number of alkyl halides is 3. The number of halogens is 4. The van der Waals surface area contributed by atoms with Crippen LogP contribution in [0.3, 0.4) is 0 Å². The number of nitrogens with one attached hydrogen (secondary N) is 1. The number of hydrogen-bond donors (Lipinski definition) is 1. The van der Waals surface area contributed by atoms with Crippen LogP contribution in [-0.4, -0.2) is 40.8 Å². The van der Waals surface area contributed by atoms with E-state index in [9.17, 15) is 21.6 Å². The molecule has 1 N–H and O–H groups in total. The molecule has 0 bridgehead atoms. The van der Waals surface area contributed by atoms with Crippen LogP contribution in [0.4, 0.5) is 18.9 Å². The molecule has 2 aromatic rings. The Balaban J connectivity index is 1.74. The van der Waals surface area contributed by atoms with E-state index in [4.69, 9.17) is 11.6 Å². The molecule has 2 aliphatic rings. The first-order valence-corrected chi connectivity index (χ1v) is 13.0. The summed E-state index contributed by atoms with van der Waals surface area (Å²) in [6, 6.07) is 4.59. The summed E-state index contributed by atoms with van der Waals surface area (Å²) in [4.78, 5) is 9.43. The van der Waals surface area contributed by atoms with Gasteiger partial charge in [-0.2, -0.15) is 17.5 Å². The van der Waals surface area contributed by atoms with E-state index in [1.807, 2.05) is 11.8 Å². The highest BCUT2D eigenvalue weighted by molar-refractivity contribution is 7.89. The molecule has 11 heteroatoms. The molecule has 1 saturated carbocycles.